The number of carbonyl (C=O) groups excluding carboxylic acids is 1. The first-order valence-corrected chi connectivity index (χ1v) is 9.94. The molecule has 0 saturated heterocycles. The first-order chi connectivity index (χ1) is 12.7. The molecule has 2 heterocycles. The molecule has 0 atom stereocenters. The van der Waals surface area contributed by atoms with Crippen LogP contribution in [0.2, 0.25) is 0 Å². The SMILES string of the molecule is COc1ccc(-c2csc(NC(=O)CSc3nnc(C4CC4)o3)n2)cc1. The molecule has 134 valence electrons. The van der Waals surface area contributed by atoms with Gasteiger partial charge in [0.15, 0.2) is 5.13 Å². The third kappa shape index (κ3) is 4.05. The average molecular weight is 388 g/mol. The Morgan fingerprint density at radius 1 is 1.35 bits per heavy atom. The molecule has 2 aromatic heterocycles. The number of benzene rings is 1. The molecular weight excluding hydrogens is 372 g/mol. The van der Waals surface area contributed by atoms with Crippen LogP contribution in [0.4, 0.5) is 5.13 Å². The molecule has 0 unspecified atom stereocenters. The van der Waals surface area contributed by atoms with E-state index in [1.807, 2.05) is 29.6 Å². The van der Waals surface area contributed by atoms with Crippen LogP contribution in [0.3, 0.4) is 0 Å². The number of nitrogens with one attached hydrogen (secondary N) is 1. The normalized spacial score (nSPS) is 13.6. The third-order valence-corrected chi connectivity index (χ3v) is 5.39. The summed E-state index contributed by atoms with van der Waals surface area (Å²) < 4.78 is 10.7. The van der Waals surface area contributed by atoms with Crippen molar-refractivity contribution >= 4 is 34.1 Å². The summed E-state index contributed by atoms with van der Waals surface area (Å²) >= 11 is 2.62. The van der Waals surface area contributed by atoms with Crippen molar-refractivity contribution < 1.29 is 13.9 Å². The van der Waals surface area contributed by atoms with Gasteiger partial charge in [-0.05, 0) is 37.1 Å². The maximum absolute atomic E-state index is 12.1. The molecular formula is C17H16N4O3S2. The highest BCUT2D eigenvalue weighted by Crippen LogP contribution is 2.39. The fourth-order valence-electron chi connectivity index (χ4n) is 2.28. The van der Waals surface area contributed by atoms with Crippen LogP contribution in [0.25, 0.3) is 11.3 Å². The summed E-state index contributed by atoms with van der Waals surface area (Å²) in [6, 6.07) is 7.62. The van der Waals surface area contributed by atoms with Crippen molar-refractivity contribution in [1.29, 1.82) is 0 Å². The highest BCUT2D eigenvalue weighted by Gasteiger charge is 2.29. The first-order valence-electron chi connectivity index (χ1n) is 8.07. The summed E-state index contributed by atoms with van der Waals surface area (Å²) in [5, 5.41) is 13.7. The van der Waals surface area contributed by atoms with Crippen LogP contribution in [-0.4, -0.2) is 34.0 Å². The molecule has 1 aromatic carbocycles. The van der Waals surface area contributed by atoms with Gasteiger partial charge in [0.2, 0.25) is 11.8 Å². The number of aromatic nitrogens is 3. The van der Waals surface area contributed by atoms with E-state index in [2.05, 4.69) is 20.5 Å². The van der Waals surface area contributed by atoms with Gasteiger partial charge >= 0.3 is 0 Å². The standard InChI is InChI=1S/C17H16N4O3S2/c1-23-12-6-4-10(5-7-12)13-8-25-16(18-13)19-14(22)9-26-17-21-20-15(24-17)11-2-3-11/h4-8,11H,2-3,9H2,1H3,(H,18,19,22). The van der Waals surface area contributed by atoms with Gasteiger partial charge in [0.25, 0.3) is 5.22 Å². The molecule has 1 aliphatic carbocycles. The Bertz CT molecular complexity index is 903. The quantitative estimate of drug-likeness (QED) is 0.616. The molecule has 1 N–H and O–H groups in total. The van der Waals surface area contributed by atoms with E-state index >= 15 is 0 Å². The van der Waals surface area contributed by atoms with Crippen molar-refractivity contribution in [3.8, 4) is 17.0 Å². The summed E-state index contributed by atoms with van der Waals surface area (Å²) in [5.41, 5.74) is 1.78. The summed E-state index contributed by atoms with van der Waals surface area (Å²) in [4.78, 5) is 16.5. The van der Waals surface area contributed by atoms with Gasteiger partial charge in [0, 0.05) is 16.9 Å². The maximum atomic E-state index is 12.1. The number of ether oxygens (including phenoxy) is 1. The van der Waals surface area contributed by atoms with Crippen LogP contribution in [0.5, 0.6) is 5.75 Å². The molecule has 0 radical (unpaired) electrons. The van der Waals surface area contributed by atoms with Gasteiger partial charge in [0.1, 0.15) is 5.75 Å². The van der Waals surface area contributed by atoms with Crippen molar-refractivity contribution in [3.05, 3.63) is 35.5 Å². The highest BCUT2D eigenvalue weighted by molar-refractivity contribution is 7.99. The lowest BCUT2D eigenvalue weighted by atomic mass is 10.2. The smallest absolute Gasteiger partial charge is 0.277 e. The fraction of sp³-hybridized carbons (Fsp3) is 0.294. The van der Waals surface area contributed by atoms with Gasteiger partial charge in [-0.15, -0.1) is 21.5 Å². The second kappa shape index (κ2) is 7.46. The predicted octanol–water partition coefficient (Wildman–Crippen LogP) is 3.81. The lowest BCUT2D eigenvalue weighted by molar-refractivity contribution is -0.113. The van der Waals surface area contributed by atoms with Crippen molar-refractivity contribution in [2.45, 2.75) is 24.0 Å². The van der Waals surface area contributed by atoms with Crippen LogP contribution in [-0.2, 0) is 4.79 Å². The molecule has 1 aliphatic rings. The van der Waals surface area contributed by atoms with Crippen molar-refractivity contribution in [2.75, 3.05) is 18.2 Å². The minimum absolute atomic E-state index is 0.156. The Morgan fingerprint density at radius 2 is 2.15 bits per heavy atom. The van der Waals surface area contributed by atoms with Gasteiger partial charge < -0.3 is 14.5 Å². The number of rotatable bonds is 7. The van der Waals surface area contributed by atoms with E-state index in [0.717, 1.165) is 29.8 Å². The molecule has 9 heteroatoms. The van der Waals surface area contributed by atoms with E-state index in [4.69, 9.17) is 9.15 Å². The van der Waals surface area contributed by atoms with Gasteiger partial charge in [-0.25, -0.2) is 4.98 Å². The molecule has 1 amide bonds. The number of carbonyl (C=O) groups is 1. The Morgan fingerprint density at radius 3 is 2.88 bits per heavy atom. The Balaban J connectivity index is 1.31. The first kappa shape index (κ1) is 17.0. The predicted molar refractivity (Wildman–Crippen MR) is 99.7 cm³/mol. The largest absolute Gasteiger partial charge is 0.497 e. The minimum Gasteiger partial charge on any atom is -0.497 e. The van der Waals surface area contributed by atoms with E-state index in [0.29, 0.717) is 22.2 Å². The lowest BCUT2D eigenvalue weighted by Crippen LogP contribution is -2.13. The van der Waals surface area contributed by atoms with Crippen molar-refractivity contribution in [1.82, 2.24) is 15.2 Å². The van der Waals surface area contributed by atoms with Crippen LogP contribution in [0.1, 0.15) is 24.7 Å². The second-order valence-electron chi connectivity index (χ2n) is 5.78. The Kier molecular flexibility index (Phi) is 4.89. The molecule has 0 aliphatic heterocycles. The van der Waals surface area contributed by atoms with Gasteiger partial charge in [0.05, 0.1) is 18.6 Å². The number of nitrogens with zero attached hydrogens (tertiary/aromatic N) is 3. The monoisotopic (exact) mass is 388 g/mol. The minimum atomic E-state index is -0.156. The van der Waals surface area contributed by atoms with Crippen LogP contribution < -0.4 is 10.1 Å². The Hall–Kier alpha value is -2.39. The van der Waals surface area contributed by atoms with Crippen LogP contribution in [0.15, 0.2) is 39.3 Å². The summed E-state index contributed by atoms with van der Waals surface area (Å²) in [6.07, 6.45) is 2.21. The van der Waals surface area contributed by atoms with Crippen molar-refractivity contribution in [3.63, 3.8) is 0 Å². The number of hydrogen-bond donors (Lipinski definition) is 1. The van der Waals surface area contributed by atoms with Gasteiger partial charge in [-0.1, -0.05) is 11.8 Å². The summed E-state index contributed by atoms with van der Waals surface area (Å²) in [5.74, 6) is 1.93. The maximum Gasteiger partial charge on any atom is 0.277 e. The fourth-order valence-corrected chi connectivity index (χ4v) is 3.59. The number of thioether (sulfide) groups is 1. The molecule has 4 rings (SSSR count). The number of hydrogen-bond acceptors (Lipinski definition) is 8. The van der Waals surface area contributed by atoms with Gasteiger partial charge in [-0.3, -0.25) is 4.79 Å². The molecule has 0 spiro atoms. The van der Waals surface area contributed by atoms with E-state index in [9.17, 15) is 4.79 Å². The molecule has 1 saturated carbocycles. The number of methoxy groups -OCH3 is 1. The van der Waals surface area contributed by atoms with E-state index in [1.165, 1.54) is 23.1 Å². The zero-order valence-corrected chi connectivity index (χ0v) is 15.6. The summed E-state index contributed by atoms with van der Waals surface area (Å²) in [6.45, 7) is 0. The Labute approximate surface area is 158 Å². The molecule has 26 heavy (non-hydrogen) atoms. The number of amides is 1. The zero-order valence-electron chi connectivity index (χ0n) is 14.0. The number of thiazole rings is 1. The van der Waals surface area contributed by atoms with Gasteiger partial charge in [-0.2, -0.15) is 0 Å². The van der Waals surface area contributed by atoms with E-state index in [1.54, 1.807) is 7.11 Å². The van der Waals surface area contributed by atoms with Crippen LogP contribution in [0, 0.1) is 0 Å². The zero-order chi connectivity index (χ0) is 17.9. The summed E-state index contributed by atoms with van der Waals surface area (Å²) in [7, 11) is 1.63. The molecule has 0 bridgehead atoms. The molecule has 3 aromatic rings. The van der Waals surface area contributed by atoms with E-state index in [-0.39, 0.29) is 11.7 Å². The topological polar surface area (TPSA) is 90.1 Å². The number of anilines is 1. The van der Waals surface area contributed by atoms with Crippen molar-refractivity contribution in [2.24, 2.45) is 0 Å². The van der Waals surface area contributed by atoms with Crippen LogP contribution >= 0.6 is 23.1 Å². The molecule has 7 nitrogen and oxygen atoms in total. The second-order valence-corrected chi connectivity index (χ2v) is 7.57. The third-order valence-electron chi connectivity index (χ3n) is 3.81. The highest BCUT2D eigenvalue weighted by atomic mass is 32.2. The molecule has 1 fully saturated rings. The lowest BCUT2D eigenvalue weighted by Gasteiger charge is -2.01. The van der Waals surface area contributed by atoms with E-state index < -0.39 is 0 Å². The average Bonchev–Trinajstić information content (AvgIpc) is 3.23.